The molecule has 3 unspecified atom stereocenters. The van der Waals surface area contributed by atoms with Crippen molar-refractivity contribution in [1.29, 1.82) is 0 Å². The number of carbonyl (C=O) groups excluding carboxylic acids is 3. The number of nitrogens with one attached hydrogen (secondary N) is 1. The summed E-state index contributed by atoms with van der Waals surface area (Å²) in [7, 11) is 0. The van der Waals surface area contributed by atoms with Crippen molar-refractivity contribution in [2.24, 2.45) is 0 Å². The first-order valence-electron chi connectivity index (χ1n) is 14.4. The molecule has 4 aliphatic rings. The van der Waals surface area contributed by atoms with Gasteiger partial charge in [-0.3, -0.25) is 29.5 Å². The standard InChI is InChI=1S/C33H34N4O3/c38-30-16-15-29(32(39)34-30)36-19-25-17-22(11-14-28(25)33(36)40)18-35-20-26-12-13-27(21-35)37(26)31(23-7-3-1-4-8-23)24-9-5-2-6-10-24/h1-11,14,17,26-27,29,31H,12-13,15-16,18-21H2,(H,34,38,39). The maximum Gasteiger partial charge on any atom is 0.255 e. The summed E-state index contributed by atoms with van der Waals surface area (Å²) in [4.78, 5) is 44.0. The third kappa shape index (κ3) is 4.53. The zero-order valence-electron chi connectivity index (χ0n) is 22.5. The molecule has 7 rings (SSSR count). The van der Waals surface area contributed by atoms with Gasteiger partial charge < -0.3 is 4.90 Å². The maximum absolute atomic E-state index is 13.1. The van der Waals surface area contributed by atoms with E-state index in [1.165, 1.54) is 29.5 Å². The highest BCUT2D eigenvalue weighted by atomic mass is 16.2. The van der Waals surface area contributed by atoms with Crippen LogP contribution >= 0.6 is 0 Å². The van der Waals surface area contributed by atoms with Gasteiger partial charge in [0.2, 0.25) is 11.8 Å². The average molecular weight is 535 g/mol. The van der Waals surface area contributed by atoms with Gasteiger partial charge in [-0.2, -0.15) is 0 Å². The lowest BCUT2D eigenvalue weighted by Gasteiger charge is -2.45. The van der Waals surface area contributed by atoms with Gasteiger partial charge in [-0.15, -0.1) is 0 Å². The second kappa shape index (κ2) is 10.3. The quantitative estimate of drug-likeness (QED) is 0.486. The van der Waals surface area contributed by atoms with Crippen molar-refractivity contribution in [1.82, 2.24) is 20.0 Å². The highest BCUT2D eigenvalue weighted by Crippen LogP contribution is 2.41. The Kier molecular flexibility index (Phi) is 6.48. The second-order valence-corrected chi connectivity index (χ2v) is 11.6. The molecule has 7 heteroatoms. The molecule has 3 fully saturated rings. The fourth-order valence-corrected chi connectivity index (χ4v) is 7.37. The monoisotopic (exact) mass is 534 g/mol. The van der Waals surface area contributed by atoms with E-state index in [9.17, 15) is 14.4 Å². The van der Waals surface area contributed by atoms with Gasteiger partial charge in [-0.05, 0) is 47.6 Å². The van der Waals surface area contributed by atoms with Gasteiger partial charge in [-0.25, -0.2) is 0 Å². The first-order valence-corrected chi connectivity index (χ1v) is 14.4. The smallest absolute Gasteiger partial charge is 0.255 e. The number of nitrogens with zero attached hydrogens (tertiary/aromatic N) is 3. The van der Waals surface area contributed by atoms with Gasteiger partial charge >= 0.3 is 0 Å². The van der Waals surface area contributed by atoms with Crippen molar-refractivity contribution in [3.63, 3.8) is 0 Å². The first kappa shape index (κ1) is 25.2. The van der Waals surface area contributed by atoms with Crippen LogP contribution in [0.25, 0.3) is 0 Å². The summed E-state index contributed by atoms with van der Waals surface area (Å²) in [6, 6.07) is 28.6. The molecule has 0 saturated carbocycles. The van der Waals surface area contributed by atoms with Crippen molar-refractivity contribution in [3.05, 3.63) is 107 Å². The van der Waals surface area contributed by atoms with Crippen LogP contribution in [-0.4, -0.2) is 63.6 Å². The maximum atomic E-state index is 13.1. The van der Waals surface area contributed by atoms with Crippen LogP contribution in [-0.2, 0) is 22.7 Å². The van der Waals surface area contributed by atoms with Crippen molar-refractivity contribution < 1.29 is 14.4 Å². The van der Waals surface area contributed by atoms with E-state index < -0.39 is 6.04 Å². The Balaban J connectivity index is 1.07. The predicted molar refractivity (Wildman–Crippen MR) is 151 cm³/mol. The molecule has 4 aliphatic heterocycles. The lowest BCUT2D eigenvalue weighted by atomic mass is 9.94. The number of hydrogen-bond acceptors (Lipinski definition) is 5. The molecule has 3 saturated heterocycles. The zero-order chi connectivity index (χ0) is 27.2. The Morgan fingerprint density at radius 2 is 1.45 bits per heavy atom. The van der Waals surface area contributed by atoms with Crippen molar-refractivity contribution in [2.75, 3.05) is 13.1 Å². The summed E-state index contributed by atoms with van der Waals surface area (Å²) in [5.41, 5.74) is 5.55. The number of rotatable bonds is 6. The van der Waals surface area contributed by atoms with Gasteiger partial charge in [0.1, 0.15) is 6.04 Å². The van der Waals surface area contributed by atoms with Gasteiger partial charge in [-0.1, -0.05) is 72.8 Å². The second-order valence-electron chi connectivity index (χ2n) is 11.6. The molecule has 0 radical (unpaired) electrons. The molecule has 0 aromatic heterocycles. The number of imide groups is 1. The summed E-state index contributed by atoms with van der Waals surface area (Å²) in [6.45, 7) is 3.31. The van der Waals surface area contributed by atoms with Crippen LogP contribution in [0.4, 0.5) is 0 Å². The Bertz CT molecular complexity index is 1390. The van der Waals surface area contributed by atoms with Crippen molar-refractivity contribution in [3.8, 4) is 0 Å². The fraction of sp³-hybridized carbons (Fsp3) is 0.364. The highest BCUT2D eigenvalue weighted by Gasteiger charge is 2.44. The Hall–Kier alpha value is -3.81. The summed E-state index contributed by atoms with van der Waals surface area (Å²) in [5.74, 6) is -0.744. The molecular formula is C33H34N4O3. The van der Waals surface area contributed by atoms with Crippen LogP contribution in [0.3, 0.4) is 0 Å². The third-order valence-electron chi connectivity index (χ3n) is 9.14. The number of piperazine rings is 1. The molecule has 3 atom stereocenters. The van der Waals surface area contributed by atoms with Gasteiger partial charge in [0.15, 0.2) is 0 Å². The van der Waals surface area contributed by atoms with E-state index in [1.54, 1.807) is 4.90 Å². The summed E-state index contributed by atoms with van der Waals surface area (Å²) >= 11 is 0. The normalized spacial score (nSPS) is 25.0. The summed E-state index contributed by atoms with van der Waals surface area (Å²) < 4.78 is 0. The van der Waals surface area contributed by atoms with Crippen LogP contribution in [0.15, 0.2) is 78.9 Å². The van der Waals surface area contributed by atoms with E-state index in [-0.39, 0.29) is 30.2 Å². The van der Waals surface area contributed by atoms with Crippen LogP contribution in [0.1, 0.15) is 64.3 Å². The van der Waals surface area contributed by atoms with Crippen LogP contribution in [0, 0.1) is 0 Å². The van der Waals surface area contributed by atoms with Crippen LogP contribution < -0.4 is 5.32 Å². The van der Waals surface area contributed by atoms with Gasteiger partial charge in [0, 0.05) is 50.2 Å². The number of fused-ring (bicyclic) bond motifs is 3. The molecule has 0 spiro atoms. The number of carbonyl (C=O) groups is 3. The molecule has 40 heavy (non-hydrogen) atoms. The third-order valence-corrected chi connectivity index (χ3v) is 9.14. The van der Waals surface area contributed by atoms with E-state index in [0.29, 0.717) is 30.6 Å². The summed E-state index contributed by atoms with van der Waals surface area (Å²) in [5, 5.41) is 2.38. The number of piperidine rings is 1. The van der Waals surface area contributed by atoms with Gasteiger partial charge in [0.05, 0.1) is 6.04 Å². The summed E-state index contributed by atoms with van der Waals surface area (Å²) in [6.07, 6.45) is 3.07. The van der Waals surface area contributed by atoms with Crippen molar-refractivity contribution in [2.45, 2.75) is 62.9 Å². The Labute approximate surface area is 234 Å². The molecular weight excluding hydrogens is 500 g/mol. The SMILES string of the molecule is O=C1CCC(N2Cc3cc(CN4CC5CCC(C4)N5C(c4ccccc4)c4ccccc4)ccc3C2=O)C(=O)N1. The van der Waals surface area contributed by atoms with Crippen LogP contribution in [0.5, 0.6) is 0 Å². The average Bonchev–Trinajstić information content (AvgIpc) is 3.41. The molecule has 204 valence electrons. The van der Waals surface area contributed by atoms with Crippen LogP contribution in [0.2, 0.25) is 0 Å². The molecule has 1 N–H and O–H groups in total. The number of benzene rings is 3. The minimum absolute atomic E-state index is 0.115. The molecule has 0 aliphatic carbocycles. The first-order chi connectivity index (χ1) is 19.5. The number of amides is 3. The van der Waals surface area contributed by atoms with Crippen molar-refractivity contribution >= 4 is 17.7 Å². The Morgan fingerprint density at radius 1 is 0.800 bits per heavy atom. The van der Waals surface area contributed by atoms with E-state index in [4.69, 9.17) is 0 Å². The lowest BCUT2D eigenvalue weighted by molar-refractivity contribution is -0.136. The van der Waals surface area contributed by atoms with E-state index in [2.05, 4.69) is 87.9 Å². The number of hydrogen-bond donors (Lipinski definition) is 1. The minimum Gasteiger partial charge on any atom is -0.322 e. The largest absolute Gasteiger partial charge is 0.322 e. The molecule has 3 aromatic rings. The molecule has 2 bridgehead atoms. The molecule has 3 aromatic carbocycles. The van der Waals surface area contributed by atoms with E-state index in [0.717, 1.165) is 25.2 Å². The topological polar surface area (TPSA) is 73.0 Å². The van der Waals surface area contributed by atoms with E-state index >= 15 is 0 Å². The molecule has 4 heterocycles. The zero-order valence-corrected chi connectivity index (χ0v) is 22.5. The number of likely N-dealkylation sites (tertiary alicyclic amines) is 1. The highest BCUT2D eigenvalue weighted by molar-refractivity contribution is 6.05. The Morgan fingerprint density at radius 3 is 2.08 bits per heavy atom. The fourth-order valence-electron chi connectivity index (χ4n) is 7.37. The minimum atomic E-state index is -0.577. The predicted octanol–water partition coefficient (Wildman–Crippen LogP) is 3.89. The lowest BCUT2D eigenvalue weighted by Crippen LogP contribution is -2.54. The van der Waals surface area contributed by atoms with E-state index in [1.807, 2.05) is 6.07 Å². The molecule has 7 nitrogen and oxygen atoms in total. The van der Waals surface area contributed by atoms with Gasteiger partial charge in [0.25, 0.3) is 5.91 Å². The molecule has 3 amide bonds.